The van der Waals surface area contributed by atoms with Crippen LogP contribution in [0.4, 0.5) is 5.82 Å². The molecule has 1 atom stereocenters. The Morgan fingerprint density at radius 2 is 1.78 bits per heavy atom. The van der Waals surface area contributed by atoms with Crippen LogP contribution in [0, 0.1) is 0 Å². The summed E-state index contributed by atoms with van der Waals surface area (Å²) in [7, 11) is 1.47. The first-order chi connectivity index (χ1) is 24.8. The molecule has 2 fully saturated rings. The molecule has 1 unspecified atom stereocenters. The van der Waals surface area contributed by atoms with Gasteiger partial charge in [-0.25, -0.2) is 0 Å². The molecule has 3 heterocycles. The standard InChI is InChI=1S/C41H48N3O7/c1-3-29-24-32(40(43-29)44-20-18-42-19-21-44)28-8-6-7-26(23-28)9-14-31-36(47)39(49-2)38(50-22-17-41(48)15-4-5-16-41)35-33(46)25-34(51-37(31)35)27-10-12-30(45)13-11-27/h6-8,10-13,23-24,34,42,45,48H,3-5,9,14-22,25H2,1-2H3,(H,46,47)/q-1/p+1. The van der Waals surface area contributed by atoms with Crippen molar-refractivity contribution in [2.75, 3.05) is 44.8 Å². The van der Waals surface area contributed by atoms with Crippen LogP contribution in [0.1, 0.15) is 79.5 Å². The number of phenols is 2. The average molecular weight is 696 g/mol. The van der Waals surface area contributed by atoms with Gasteiger partial charge in [-0.1, -0.05) is 73.7 Å². The smallest absolute Gasteiger partial charge is 0.335 e. The number of nitrogens with zero attached hydrogens (tertiary/aromatic N) is 2. The summed E-state index contributed by atoms with van der Waals surface area (Å²) >= 11 is 0. The molecule has 5 N–H and O–H groups in total. The fourth-order valence-corrected chi connectivity index (χ4v) is 7.77. The maximum absolute atomic E-state index is 11.8. The molecule has 10 heteroatoms. The van der Waals surface area contributed by atoms with E-state index in [-0.39, 0.29) is 41.8 Å². The summed E-state index contributed by atoms with van der Waals surface area (Å²) in [5.41, 5.74) is 5.24. The number of hydrogen-bond acceptors (Lipinski definition) is 8. The van der Waals surface area contributed by atoms with Gasteiger partial charge in [-0.15, -0.1) is 0 Å². The van der Waals surface area contributed by atoms with Crippen LogP contribution in [0.2, 0.25) is 0 Å². The Balaban J connectivity index is 1.22. The second kappa shape index (κ2) is 14.9. The third-order valence-electron chi connectivity index (χ3n) is 10.7. The minimum Gasteiger partial charge on any atom is -0.508 e. The van der Waals surface area contributed by atoms with Crippen LogP contribution in [-0.2, 0) is 19.3 Å². The Morgan fingerprint density at radius 3 is 2.51 bits per heavy atom. The SMILES string of the molecule is CCc1cc(-c2cccc(CCc3c(O)c(OC)c(OCCC4(O)CCCC4)c4c3OC(c3ccc(O)cc3)CC4=[OH+])c2)c(N2CCNCC2)[n-]1. The number of aromatic hydroxyl groups is 2. The van der Waals surface area contributed by atoms with Crippen LogP contribution < -0.4 is 29.4 Å². The van der Waals surface area contributed by atoms with Gasteiger partial charge in [0.15, 0.2) is 17.1 Å². The number of aliphatic hydroxyl groups is 1. The van der Waals surface area contributed by atoms with Crippen LogP contribution >= 0.6 is 0 Å². The van der Waals surface area contributed by atoms with Gasteiger partial charge < -0.3 is 44.7 Å². The normalized spacial score (nSPS) is 18.4. The Morgan fingerprint density at radius 1 is 1.02 bits per heavy atom. The van der Waals surface area contributed by atoms with Crippen molar-refractivity contribution < 1.29 is 34.3 Å². The van der Waals surface area contributed by atoms with E-state index >= 15 is 0 Å². The predicted octanol–water partition coefficient (Wildman–Crippen LogP) is 5.98. The number of fused-ring (bicyclic) bond motifs is 1. The molecule has 7 rings (SSSR count). The van der Waals surface area contributed by atoms with E-state index in [0.717, 1.165) is 92.0 Å². The molecule has 51 heavy (non-hydrogen) atoms. The van der Waals surface area contributed by atoms with E-state index in [1.165, 1.54) is 7.11 Å². The first-order valence-corrected chi connectivity index (χ1v) is 18.3. The molecule has 3 aliphatic rings. The van der Waals surface area contributed by atoms with E-state index in [1.807, 2.05) is 0 Å². The molecule has 0 spiro atoms. The molecule has 10 nitrogen and oxygen atoms in total. The summed E-state index contributed by atoms with van der Waals surface area (Å²) in [5.74, 6) is 1.79. The van der Waals surface area contributed by atoms with Gasteiger partial charge in [-0.2, -0.15) is 0 Å². The van der Waals surface area contributed by atoms with Crippen molar-refractivity contribution in [3.8, 4) is 39.9 Å². The van der Waals surface area contributed by atoms with Gasteiger partial charge in [-0.05, 0) is 92.7 Å². The lowest BCUT2D eigenvalue weighted by Crippen LogP contribution is -2.44. The lowest BCUT2D eigenvalue weighted by molar-refractivity contribution is 0.0253. The highest BCUT2D eigenvalue weighted by molar-refractivity contribution is 6.05. The van der Waals surface area contributed by atoms with Crippen molar-refractivity contribution in [2.24, 2.45) is 0 Å². The summed E-state index contributed by atoms with van der Waals surface area (Å²) in [6.45, 7) is 6.00. The van der Waals surface area contributed by atoms with Gasteiger partial charge in [0.05, 0.1) is 19.3 Å². The highest BCUT2D eigenvalue weighted by Gasteiger charge is 2.41. The van der Waals surface area contributed by atoms with E-state index < -0.39 is 11.7 Å². The van der Waals surface area contributed by atoms with E-state index in [4.69, 9.17) is 19.2 Å². The van der Waals surface area contributed by atoms with Crippen LogP contribution in [0.15, 0.2) is 54.6 Å². The Hall–Kier alpha value is -4.67. The number of ketones is 1. The average Bonchev–Trinajstić information content (AvgIpc) is 3.79. The fraction of sp³-hybridized carbons (Fsp3) is 0.439. The third-order valence-corrected chi connectivity index (χ3v) is 10.7. The number of aryl methyl sites for hydroxylation is 2. The Kier molecular flexibility index (Phi) is 10.2. The summed E-state index contributed by atoms with van der Waals surface area (Å²) in [6.07, 6.45) is 5.29. The summed E-state index contributed by atoms with van der Waals surface area (Å²) in [5, 5.41) is 36.1. The van der Waals surface area contributed by atoms with Crippen molar-refractivity contribution in [3.05, 3.63) is 82.5 Å². The first-order valence-electron chi connectivity index (χ1n) is 18.3. The Labute approximate surface area is 299 Å². The number of anilines is 1. The highest BCUT2D eigenvalue weighted by Crippen LogP contribution is 2.53. The Bertz CT molecular complexity index is 1860. The molecule has 0 amide bonds. The van der Waals surface area contributed by atoms with Crippen molar-refractivity contribution in [3.63, 3.8) is 0 Å². The molecular weight excluding hydrogens is 646 g/mol. The third kappa shape index (κ3) is 7.25. The largest absolute Gasteiger partial charge is 0.508 e. The highest BCUT2D eigenvalue weighted by atomic mass is 16.5. The van der Waals surface area contributed by atoms with E-state index in [9.17, 15) is 20.1 Å². The molecule has 0 radical (unpaired) electrons. The number of rotatable bonds is 12. The summed E-state index contributed by atoms with van der Waals surface area (Å²) in [6, 6.07) is 17.4. The number of aromatic nitrogens is 1. The molecule has 1 aromatic heterocycles. The monoisotopic (exact) mass is 695 g/mol. The first kappa shape index (κ1) is 34.8. The minimum absolute atomic E-state index is 0.0568. The zero-order chi connectivity index (χ0) is 35.5. The maximum Gasteiger partial charge on any atom is 0.335 e. The number of phenolic OH excluding ortho intramolecular Hbond substituents is 2. The number of hydrogen-bond donors (Lipinski definition) is 4. The van der Waals surface area contributed by atoms with Crippen LogP contribution in [0.3, 0.4) is 0 Å². The quantitative estimate of drug-likeness (QED) is 0.132. The van der Waals surface area contributed by atoms with Crippen LogP contribution in [-0.4, -0.2) is 71.4 Å². The number of carbonyl (C=O) groups excluding carboxylic acids is 1. The molecule has 1 aliphatic carbocycles. The minimum atomic E-state index is -0.779. The van der Waals surface area contributed by atoms with Crippen LogP contribution in [0.25, 0.3) is 11.1 Å². The van der Waals surface area contributed by atoms with E-state index in [1.54, 1.807) is 24.3 Å². The van der Waals surface area contributed by atoms with Gasteiger partial charge >= 0.3 is 5.78 Å². The number of benzene rings is 3. The molecule has 3 aromatic carbocycles. The molecule has 1 saturated heterocycles. The number of nitrogens with one attached hydrogen (secondary N) is 1. The van der Waals surface area contributed by atoms with E-state index in [0.29, 0.717) is 36.1 Å². The van der Waals surface area contributed by atoms with Crippen molar-refractivity contribution >= 4 is 11.6 Å². The second-order valence-electron chi connectivity index (χ2n) is 14.0. The predicted molar refractivity (Wildman–Crippen MR) is 197 cm³/mol. The second-order valence-corrected chi connectivity index (χ2v) is 14.0. The summed E-state index contributed by atoms with van der Waals surface area (Å²) < 4.78 is 18.7. The van der Waals surface area contributed by atoms with Gasteiger partial charge in [-0.3, -0.25) is 4.79 Å². The van der Waals surface area contributed by atoms with Crippen molar-refractivity contribution in [1.82, 2.24) is 10.3 Å². The molecule has 4 aromatic rings. The molecule has 1 saturated carbocycles. The fourth-order valence-electron chi connectivity index (χ4n) is 7.77. The maximum atomic E-state index is 11.8. The molecule has 270 valence electrons. The van der Waals surface area contributed by atoms with Gasteiger partial charge in [0.1, 0.15) is 24.0 Å². The van der Waals surface area contributed by atoms with E-state index in [2.05, 4.69) is 47.5 Å². The lowest BCUT2D eigenvalue weighted by Gasteiger charge is -2.37. The van der Waals surface area contributed by atoms with Crippen LogP contribution in [0.5, 0.6) is 28.7 Å². The van der Waals surface area contributed by atoms with Crippen molar-refractivity contribution in [2.45, 2.75) is 76.4 Å². The van der Waals surface area contributed by atoms with Crippen molar-refractivity contribution in [1.29, 1.82) is 0 Å². The number of ether oxygens (including phenoxy) is 3. The molecule has 0 bridgehead atoms. The number of methoxy groups -OCH3 is 1. The number of piperazine rings is 1. The molecule has 2 aliphatic heterocycles. The topological polar surface area (TPSA) is 139 Å². The molecular formula is C41H49N3O7. The zero-order valence-corrected chi connectivity index (χ0v) is 29.6. The van der Waals surface area contributed by atoms with Gasteiger partial charge in [0.2, 0.25) is 5.75 Å². The summed E-state index contributed by atoms with van der Waals surface area (Å²) in [4.78, 5) is 19.0. The van der Waals surface area contributed by atoms with Gasteiger partial charge in [0.25, 0.3) is 0 Å². The van der Waals surface area contributed by atoms with Gasteiger partial charge in [0, 0.05) is 12.0 Å². The zero-order valence-electron chi connectivity index (χ0n) is 29.6. The lowest BCUT2D eigenvalue weighted by atomic mass is 9.90.